The van der Waals surface area contributed by atoms with Gasteiger partial charge in [-0.25, -0.2) is 4.39 Å². The maximum Gasteiger partial charge on any atom is 0.261 e. The Kier molecular flexibility index (Phi) is 3.78. The van der Waals surface area contributed by atoms with Gasteiger partial charge in [0.15, 0.2) is 0 Å². The van der Waals surface area contributed by atoms with Gasteiger partial charge in [0.05, 0.1) is 11.5 Å². The Bertz CT molecular complexity index is 647. The van der Waals surface area contributed by atoms with Crippen molar-refractivity contribution in [3.05, 3.63) is 47.1 Å². The predicted molar refractivity (Wildman–Crippen MR) is 80.8 cm³/mol. The number of thiophene rings is 1. The Morgan fingerprint density at radius 1 is 1.24 bits per heavy atom. The van der Waals surface area contributed by atoms with Crippen molar-refractivity contribution in [2.24, 2.45) is 5.41 Å². The number of carbonyl (C=O) groups excluding carboxylic acids is 1. The molecule has 0 atom stereocenters. The second-order valence-electron chi connectivity index (χ2n) is 5.51. The molecule has 3 rings (SSSR count). The molecule has 0 spiro atoms. The Labute approximate surface area is 126 Å². The van der Waals surface area contributed by atoms with E-state index in [9.17, 15) is 14.3 Å². The van der Waals surface area contributed by atoms with Gasteiger partial charge in [-0.1, -0.05) is 12.1 Å². The average Bonchev–Trinajstić information content (AvgIpc) is 3.12. The van der Waals surface area contributed by atoms with E-state index in [1.807, 2.05) is 6.07 Å². The molecule has 2 N–H and O–H groups in total. The fraction of sp³-hybridized carbons (Fsp3) is 0.312. The molecule has 5 heteroatoms. The van der Waals surface area contributed by atoms with E-state index in [0.29, 0.717) is 11.4 Å². The molecule has 21 heavy (non-hydrogen) atoms. The minimum absolute atomic E-state index is 0.0906. The van der Waals surface area contributed by atoms with Crippen LogP contribution >= 0.6 is 11.3 Å². The van der Waals surface area contributed by atoms with E-state index in [0.717, 1.165) is 23.3 Å². The second kappa shape index (κ2) is 5.58. The van der Waals surface area contributed by atoms with E-state index >= 15 is 0 Å². The van der Waals surface area contributed by atoms with Crippen molar-refractivity contribution < 1.29 is 14.3 Å². The minimum Gasteiger partial charge on any atom is -0.396 e. The highest BCUT2D eigenvalue weighted by molar-refractivity contribution is 7.17. The van der Waals surface area contributed by atoms with Crippen LogP contribution in [0.4, 0.5) is 4.39 Å². The van der Waals surface area contributed by atoms with Crippen molar-refractivity contribution in [3.63, 3.8) is 0 Å². The van der Waals surface area contributed by atoms with Gasteiger partial charge in [0, 0.05) is 16.8 Å². The van der Waals surface area contributed by atoms with Crippen molar-refractivity contribution in [2.75, 3.05) is 13.2 Å². The van der Waals surface area contributed by atoms with Gasteiger partial charge >= 0.3 is 0 Å². The summed E-state index contributed by atoms with van der Waals surface area (Å²) in [6.07, 6.45) is 1.93. The van der Waals surface area contributed by atoms with Crippen LogP contribution in [-0.4, -0.2) is 24.2 Å². The molecular weight excluding hydrogens is 289 g/mol. The number of hydrogen-bond donors (Lipinski definition) is 2. The first-order valence-corrected chi connectivity index (χ1v) is 7.68. The first-order valence-electron chi connectivity index (χ1n) is 6.87. The summed E-state index contributed by atoms with van der Waals surface area (Å²) in [6.45, 7) is 0.644. The molecule has 1 amide bonds. The van der Waals surface area contributed by atoms with Crippen LogP contribution in [0.1, 0.15) is 22.5 Å². The van der Waals surface area contributed by atoms with Crippen LogP contribution in [0.5, 0.6) is 0 Å². The third-order valence-corrected chi connectivity index (χ3v) is 5.01. The first-order chi connectivity index (χ1) is 10.1. The summed E-state index contributed by atoms with van der Waals surface area (Å²) in [5, 5.41) is 12.1. The van der Waals surface area contributed by atoms with Gasteiger partial charge in [-0.3, -0.25) is 4.79 Å². The van der Waals surface area contributed by atoms with E-state index < -0.39 is 0 Å². The zero-order valence-corrected chi connectivity index (χ0v) is 12.3. The molecule has 1 heterocycles. The molecule has 1 saturated carbocycles. The van der Waals surface area contributed by atoms with Crippen LogP contribution < -0.4 is 5.32 Å². The third kappa shape index (κ3) is 3.14. The summed E-state index contributed by atoms with van der Waals surface area (Å²) in [4.78, 5) is 13.7. The summed E-state index contributed by atoms with van der Waals surface area (Å²) in [5.74, 6) is -0.389. The molecule has 1 aromatic heterocycles. The Morgan fingerprint density at radius 3 is 2.57 bits per heavy atom. The highest BCUT2D eigenvalue weighted by Gasteiger charge is 2.42. The SMILES string of the molecule is O=C(NCC1(CO)CC1)c1ccc(-c2ccc(F)cc2)s1. The van der Waals surface area contributed by atoms with Gasteiger partial charge in [0.2, 0.25) is 0 Å². The lowest BCUT2D eigenvalue weighted by Gasteiger charge is -2.11. The van der Waals surface area contributed by atoms with Crippen molar-refractivity contribution in [1.82, 2.24) is 5.32 Å². The van der Waals surface area contributed by atoms with Gasteiger partial charge in [-0.05, 0) is 42.7 Å². The molecule has 110 valence electrons. The van der Waals surface area contributed by atoms with Crippen LogP contribution in [-0.2, 0) is 0 Å². The largest absolute Gasteiger partial charge is 0.396 e. The summed E-state index contributed by atoms with van der Waals surface area (Å²) in [6, 6.07) is 9.87. The third-order valence-electron chi connectivity index (χ3n) is 3.87. The average molecular weight is 305 g/mol. The summed E-state index contributed by atoms with van der Waals surface area (Å²) >= 11 is 1.38. The number of carbonyl (C=O) groups is 1. The zero-order chi connectivity index (χ0) is 14.9. The predicted octanol–water partition coefficient (Wildman–Crippen LogP) is 3.06. The fourth-order valence-corrected chi connectivity index (χ4v) is 3.08. The van der Waals surface area contributed by atoms with Crippen LogP contribution in [0.25, 0.3) is 10.4 Å². The van der Waals surface area contributed by atoms with Crippen molar-refractivity contribution in [3.8, 4) is 10.4 Å². The molecule has 0 aliphatic heterocycles. The Hall–Kier alpha value is -1.72. The van der Waals surface area contributed by atoms with Crippen LogP contribution in [0, 0.1) is 11.2 Å². The highest BCUT2D eigenvalue weighted by atomic mass is 32.1. The molecule has 1 aliphatic carbocycles. The lowest BCUT2D eigenvalue weighted by molar-refractivity contribution is 0.0939. The molecule has 1 aromatic carbocycles. The molecule has 0 bridgehead atoms. The highest BCUT2D eigenvalue weighted by Crippen LogP contribution is 2.44. The summed E-state index contributed by atoms with van der Waals surface area (Å²) in [7, 11) is 0. The van der Waals surface area contributed by atoms with Crippen LogP contribution in [0.2, 0.25) is 0 Å². The molecule has 0 unspecified atom stereocenters. The maximum absolute atomic E-state index is 12.9. The first kappa shape index (κ1) is 14.2. The molecule has 0 saturated heterocycles. The standard InChI is InChI=1S/C16H16FNO2S/c17-12-3-1-11(2-4-12)13-5-6-14(21-13)15(20)18-9-16(10-19)7-8-16/h1-6,19H,7-10H2,(H,18,20). The maximum atomic E-state index is 12.9. The minimum atomic E-state index is -0.271. The Balaban J connectivity index is 1.66. The van der Waals surface area contributed by atoms with Gasteiger partial charge in [-0.15, -0.1) is 11.3 Å². The van der Waals surface area contributed by atoms with Crippen LogP contribution in [0.3, 0.4) is 0 Å². The van der Waals surface area contributed by atoms with E-state index in [2.05, 4.69) is 5.32 Å². The lowest BCUT2D eigenvalue weighted by Crippen LogP contribution is -2.31. The van der Waals surface area contributed by atoms with Gasteiger partial charge in [0.1, 0.15) is 5.82 Å². The molecular formula is C16H16FNO2S. The van der Waals surface area contributed by atoms with Gasteiger partial charge in [-0.2, -0.15) is 0 Å². The topological polar surface area (TPSA) is 49.3 Å². The second-order valence-corrected chi connectivity index (χ2v) is 6.60. The number of aliphatic hydroxyl groups excluding tert-OH is 1. The number of amides is 1. The molecule has 1 fully saturated rings. The number of aliphatic hydroxyl groups is 1. The van der Waals surface area contributed by atoms with E-state index in [4.69, 9.17) is 0 Å². The van der Waals surface area contributed by atoms with Crippen molar-refractivity contribution in [2.45, 2.75) is 12.8 Å². The summed E-state index contributed by atoms with van der Waals surface area (Å²) in [5.41, 5.74) is 0.807. The van der Waals surface area contributed by atoms with E-state index in [1.165, 1.54) is 23.5 Å². The molecule has 2 aromatic rings. The number of halogens is 1. The summed E-state index contributed by atoms with van der Waals surface area (Å²) < 4.78 is 12.9. The number of benzene rings is 1. The monoisotopic (exact) mass is 305 g/mol. The normalized spacial score (nSPS) is 15.7. The van der Waals surface area contributed by atoms with Crippen LogP contribution in [0.15, 0.2) is 36.4 Å². The number of hydrogen-bond acceptors (Lipinski definition) is 3. The zero-order valence-electron chi connectivity index (χ0n) is 11.4. The number of nitrogens with one attached hydrogen (secondary N) is 1. The number of rotatable bonds is 5. The van der Waals surface area contributed by atoms with E-state index in [-0.39, 0.29) is 23.7 Å². The van der Waals surface area contributed by atoms with Crippen molar-refractivity contribution in [1.29, 1.82) is 0 Å². The van der Waals surface area contributed by atoms with Gasteiger partial charge < -0.3 is 10.4 Å². The molecule has 0 radical (unpaired) electrons. The smallest absolute Gasteiger partial charge is 0.261 e. The van der Waals surface area contributed by atoms with Gasteiger partial charge in [0.25, 0.3) is 5.91 Å². The molecule has 3 nitrogen and oxygen atoms in total. The molecule has 1 aliphatic rings. The fourth-order valence-electron chi connectivity index (χ4n) is 2.15. The quantitative estimate of drug-likeness (QED) is 0.892. The Morgan fingerprint density at radius 2 is 1.95 bits per heavy atom. The lowest BCUT2D eigenvalue weighted by atomic mass is 10.1. The van der Waals surface area contributed by atoms with E-state index in [1.54, 1.807) is 18.2 Å². The van der Waals surface area contributed by atoms with Crippen molar-refractivity contribution >= 4 is 17.2 Å².